The number of benzene rings is 3. The SMILES string of the molecule is O=C(Cc1ccccc1)Oc1cccc2oc3ccccc3c(=O)c12. The number of esters is 1. The highest BCUT2D eigenvalue weighted by atomic mass is 16.5. The van der Waals surface area contributed by atoms with E-state index in [1.807, 2.05) is 30.3 Å². The number of para-hydroxylation sites is 1. The number of carbonyl (C=O) groups is 1. The fourth-order valence-electron chi connectivity index (χ4n) is 2.82. The first-order chi connectivity index (χ1) is 12.2. The largest absolute Gasteiger partial charge is 0.456 e. The van der Waals surface area contributed by atoms with Gasteiger partial charge in [0.15, 0.2) is 0 Å². The third-order valence-corrected chi connectivity index (χ3v) is 3.98. The summed E-state index contributed by atoms with van der Waals surface area (Å²) >= 11 is 0. The molecule has 0 N–H and O–H groups in total. The molecule has 0 aliphatic heterocycles. The van der Waals surface area contributed by atoms with Gasteiger partial charge in [0, 0.05) is 0 Å². The van der Waals surface area contributed by atoms with E-state index in [0.717, 1.165) is 5.56 Å². The van der Waals surface area contributed by atoms with Crippen molar-refractivity contribution in [2.24, 2.45) is 0 Å². The van der Waals surface area contributed by atoms with Crippen molar-refractivity contribution in [3.05, 3.63) is 88.6 Å². The molecular weight excluding hydrogens is 316 g/mol. The third-order valence-electron chi connectivity index (χ3n) is 3.98. The maximum Gasteiger partial charge on any atom is 0.315 e. The standard InChI is InChI=1S/C21H14O4/c22-19(13-14-7-2-1-3-8-14)25-18-12-6-11-17-20(18)21(23)15-9-4-5-10-16(15)24-17/h1-12H,13H2. The molecule has 122 valence electrons. The smallest absolute Gasteiger partial charge is 0.315 e. The molecule has 0 aliphatic carbocycles. The molecule has 0 spiro atoms. The molecule has 1 aromatic heterocycles. The Bertz CT molecular complexity index is 1130. The number of hydrogen-bond acceptors (Lipinski definition) is 4. The molecule has 0 fully saturated rings. The highest BCUT2D eigenvalue weighted by Gasteiger charge is 2.15. The topological polar surface area (TPSA) is 56.5 Å². The van der Waals surface area contributed by atoms with Gasteiger partial charge in [-0.1, -0.05) is 48.5 Å². The molecular formula is C21H14O4. The van der Waals surface area contributed by atoms with Gasteiger partial charge in [0.1, 0.15) is 22.3 Å². The van der Waals surface area contributed by atoms with Crippen LogP contribution in [0.1, 0.15) is 5.56 Å². The van der Waals surface area contributed by atoms with Gasteiger partial charge in [-0.3, -0.25) is 9.59 Å². The lowest BCUT2D eigenvalue weighted by molar-refractivity contribution is -0.133. The Labute approximate surface area is 143 Å². The molecule has 0 atom stereocenters. The predicted octanol–water partition coefficient (Wildman–Crippen LogP) is 4.09. The van der Waals surface area contributed by atoms with Crippen LogP contribution >= 0.6 is 0 Å². The van der Waals surface area contributed by atoms with Crippen molar-refractivity contribution in [2.45, 2.75) is 6.42 Å². The molecule has 4 aromatic rings. The van der Waals surface area contributed by atoms with Crippen molar-refractivity contribution in [1.29, 1.82) is 0 Å². The maximum atomic E-state index is 12.8. The number of ether oxygens (including phenoxy) is 1. The minimum atomic E-state index is -0.425. The molecule has 4 rings (SSSR count). The summed E-state index contributed by atoms with van der Waals surface area (Å²) in [6, 6.07) is 21.3. The lowest BCUT2D eigenvalue weighted by Gasteiger charge is -2.08. The summed E-state index contributed by atoms with van der Waals surface area (Å²) in [5, 5.41) is 0.740. The quantitative estimate of drug-likeness (QED) is 0.322. The predicted molar refractivity (Wildman–Crippen MR) is 95.8 cm³/mol. The number of fused-ring (bicyclic) bond motifs is 2. The van der Waals surface area contributed by atoms with E-state index in [9.17, 15) is 9.59 Å². The van der Waals surface area contributed by atoms with Crippen LogP contribution in [0.5, 0.6) is 5.75 Å². The van der Waals surface area contributed by atoms with Crippen molar-refractivity contribution in [3.8, 4) is 5.75 Å². The first-order valence-corrected chi connectivity index (χ1v) is 7.91. The van der Waals surface area contributed by atoms with Crippen LogP contribution in [0.2, 0.25) is 0 Å². The van der Waals surface area contributed by atoms with Crippen molar-refractivity contribution in [2.75, 3.05) is 0 Å². The fourth-order valence-corrected chi connectivity index (χ4v) is 2.82. The van der Waals surface area contributed by atoms with Gasteiger partial charge in [-0.2, -0.15) is 0 Å². The van der Waals surface area contributed by atoms with Gasteiger partial charge >= 0.3 is 5.97 Å². The Kier molecular flexibility index (Phi) is 3.78. The van der Waals surface area contributed by atoms with E-state index in [2.05, 4.69) is 0 Å². The van der Waals surface area contributed by atoms with Crippen LogP contribution in [0.25, 0.3) is 21.9 Å². The molecule has 0 amide bonds. The van der Waals surface area contributed by atoms with Crippen molar-refractivity contribution < 1.29 is 13.9 Å². The van der Waals surface area contributed by atoms with Crippen molar-refractivity contribution >= 4 is 27.9 Å². The highest BCUT2D eigenvalue weighted by Crippen LogP contribution is 2.26. The first-order valence-electron chi connectivity index (χ1n) is 7.91. The summed E-state index contributed by atoms with van der Waals surface area (Å²) in [7, 11) is 0. The molecule has 25 heavy (non-hydrogen) atoms. The van der Waals surface area contributed by atoms with Crippen molar-refractivity contribution in [1.82, 2.24) is 0 Å². The van der Waals surface area contributed by atoms with Gasteiger partial charge in [0.25, 0.3) is 0 Å². The van der Waals surface area contributed by atoms with E-state index in [1.165, 1.54) is 0 Å². The second kappa shape index (κ2) is 6.24. The van der Waals surface area contributed by atoms with Crippen LogP contribution in [0.3, 0.4) is 0 Å². The van der Waals surface area contributed by atoms with E-state index in [4.69, 9.17) is 9.15 Å². The zero-order chi connectivity index (χ0) is 17.2. The average molecular weight is 330 g/mol. The second-order valence-corrected chi connectivity index (χ2v) is 5.69. The summed E-state index contributed by atoms with van der Waals surface area (Å²) in [5.74, 6) is -0.204. The molecule has 0 saturated heterocycles. The zero-order valence-electron chi connectivity index (χ0n) is 13.3. The van der Waals surface area contributed by atoms with Gasteiger partial charge in [0.2, 0.25) is 5.43 Å². The Morgan fingerprint density at radius 1 is 0.840 bits per heavy atom. The van der Waals surface area contributed by atoms with E-state index in [1.54, 1.807) is 42.5 Å². The van der Waals surface area contributed by atoms with Gasteiger partial charge in [-0.25, -0.2) is 0 Å². The van der Waals surface area contributed by atoms with Crippen LogP contribution in [0.15, 0.2) is 82.0 Å². The molecule has 4 nitrogen and oxygen atoms in total. The maximum absolute atomic E-state index is 12.8. The summed E-state index contributed by atoms with van der Waals surface area (Å²) in [6.45, 7) is 0. The Morgan fingerprint density at radius 2 is 1.56 bits per heavy atom. The molecule has 1 heterocycles. The van der Waals surface area contributed by atoms with Crippen LogP contribution in [-0.2, 0) is 11.2 Å². The molecule has 0 unspecified atom stereocenters. The summed E-state index contributed by atoms with van der Waals surface area (Å²) in [6.07, 6.45) is 0.135. The molecule has 0 bridgehead atoms. The van der Waals surface area contributed by atoms with Crippen LogP contribution < -0.4 is 10.2 Å². The van der Waals surface area contributed by atoms with Gasteiger partial charge in [-0.05, 0) is 29.8 Å². The lowest BCUT2D eigenvalue weighted by atomic mass is 10.1. The average Bonchev–Trinajstić information content (AvgIpc) is 2.63. The molecule has 0 saturated carbocycles. The molecule has 0 aliphatic rings. The van der Waals surface area contributed by atoms with Crippen LogP contribution in [0, 0.1) is 0 Å². The third kappa shape index (κ3) is 2.90. The van der Waals surface area contributed by atoms with Gasteiger partial charge in [0.05, 0.1) is 11.8 Å². The number of carbonyl (C=O) groups excluding carboxylic acids is 1. The summed E-state index contributed by atoms with van der Waals surface area (Å²) < 4.78 is 11.2. The van der Waals surface area contributed by atoms with E-state index in [0.29, 0.717) is 16.6 Å². The second-order valence-electron chi connectivity index (χ2n) is 5.69. The minimum Gasteiger partial charge on any atom is -0.456 e. The van der Waals surface area contributed by atoms with E-state index >= 15 is 0 Å². The van der Waals surface area contributed by atoms with Crippen molar-refractivity contribution in [3.63, 3.8) is 0 Å². The zero-order valence-corrected chi connectivity index (χ0v) is 13.3. The Hall–Kier alpha value is -3.40. The molecule has 4 heteroatoms. The van der Waals surface area contributed by atoms with E-state index < -0.39 is 5.97 Å². The number of rotatable bonds is 3. The number of hydrogen-bond donors (Lipinski definition) is 0. The normalized spacial score (nSPS) is 10.9. The van der Waals surface area contributed by atoms with E-state index in [-0.39, 0.29) is 23.0 Å². The summed E-state index contributed by atoms with van der Waals surface area (Å²) in [4.78, 5) is 25.0. The minimum absolute atomic E-state index is 0.135. The highest BCUT2D eigenvalue weighted by molar-refractivity contribution is 5.94. The monoisotopic (exact) mass is 330 g/mol. The Morgan fingerprint density at radius 3 is 2.40 bits per heavy atom. The summed E-state index contributed by atoms with van der Waals surface area (Å²) in [5.41, 5.74) is 1.55. The molecule has 3 aromatic carbocycles. The Balaban J connectivity index is 1.76. The van der Waals surface area contributed by atoms with Gasteiger partial charge < -0.3 is 9.15 Å². The first kappa shape index (κ1) is 15.1. The fraction of sp³-hybridized carbons (Fsp3) is 0.0476. The lowest BCUT2D eigenvalue weighted by Crippen LogP contribution is -2.13. The molecule has 0 radical (unpaired) electrons. The van der Waals surface area contributed by atoms with Crippen LogP contribution in [-0.4, -0.2) is 5.97 Å². The van der Waals surface area contributed by atoms with Gasteiger partial charge in [-0.15, -0.1) is 0 Å². The van der Waals surface area contributed by atoms with Crippen LogP contribution in [0.4, 0.5) is 0 Å².